The fourth-order valence-electron chi connectivity index (χ4n) is 4.25. The predicted octanol–water partition coefficient (Wildman–Crippen LogP) is 3.60. The van der Waals surface area contributed by atoms with Crippen LogP contribution in [0.25, 0.3) is 0 Å². The van der Waals surface area contributed by atoms with E-state index in [2.05, 4.69) is 14.8 Å². The number of nitrogens with zero attached hydrogens (tertiary/aromatic N) is 1. The highest BCUT2D eigenvalue weighted by atomic mass is 19.3. The van der Waals surface area contributed by atoms with Crippen molar-refractivity contribution in [1.82, 2.24) is 10.2 Å². The average Bonchev–Trinajstić information content (AvgIpc) is 3.53. The van der Waals surface area contributed by atoms with E-state index < -0.39 is 49.1 Å². The maximum Gasteiger partial charge on any atom is 0.387 e. The molecule has 188 valence electrons. The van der Waals surface area contributed by atoms with E-state index in [1.165, 1.54) is 6.07 Å². The molecule has 8 nitrogen and oxygen atoms in total. The zero-order valence-corrected chi connectivity index (χ0v) is 18.3. The second-order valence-corrected chi connectivity index (χ2v) is 8.46. The number of fused-ring (bicyclic) bond motifs is 1. The van der Waals surface area contributed by atoms with Crippen LogP contribution in [0, 0.1) is 11.8 Å². The smallest absolute Gasteiger partial charge is 0.387 e. The van der Waals surface area contributed by atoms with Gasteiger partial charge < -0.3 is 24.8 Å². The third-order valence-corrected chi connectivity index (χ3v) is 6.04. The van der Waals surface area contributed by atoms with E-state index in [9.17, 15) is 37.1 Å². The second-order valence-electron chi connectivity index (χ2n) is 8.46. The van der Waals surface area contributed by atoms with Crippen LogP contribution in [0.15, 0.2) is 41.7 Å². The third kappa shape index (κ3) is 5.75. The molecular formula is C23H22F4N2O6. The lowest BCUT2D eigenvalue weighted by Crippen LogP contribution is -2.33. The van der Waals surface area contributed by atoms with Crippen LogP contribution in [0.4, 0.5) is 17.6 Å². The van der Waals surface area contributed by atoms with E-state index in [-0.39, 0.29) is 36.1 Å². The zero-order valence-electron chi connectivity index (χ0n) is 18.3. The standard InChI is InChI=1S/C23H22F4N2O6/c24-22(25)34-18-6-3-12(7-19(18)35-23(26)27)16(8-20(31)32)29-9-13-14(10-29)17(30)5-4-15(13)28-21(33)11-1-2-11/h3-4,6-7,9,11,14,16,22-23H,1-2,5,8,10H2,(H,28,33)(H,31,32). The summed E-state index contributed by atoms with van der Waals surface area (Å²) >= 11 is 0. The Hall–Kier alpha value is -3.57. The Morgan fingerprint density at radius 2 is 1.80 bits per heavy atom. The zero-order chi connectivity index (χ0) is 25.3. The largest absolute Gasteiger partial charge is 0.481 e. The van der Waals surface area contributed by atoms with Crippen LogP contribution in [0.5, 0.6) is 11.5 Å². The fraction of sp³-hybridized carbons (Fsp3) is 0.435. The Morgan fingerprint density at radius 1 is 1.11 bits per heavy atom. The maximum absolute atomic E-state index is 12.9. The van der Waals surface area contributed by atoms with Crippen molar-refractivity contribution >= 4 is 17.7 Å². The molecule has 1 amide bonds. The number of benzene rings is 1. The molecule has 4 rings (SSSR count). The molecule has 2 N–H and O–H groups in total. The molecule has 1 heterocycles. The van der Waals surface area contributed by atoms with Crippen molar-refractivity contribution in [3.63, 3.8) is 0 Å². The van der Waals surface area contributed by atoms with Gasteiger partial charge in [-0.15, -0.1) is 0 Å². The van der Waals surface area contributed by atoms with Gasteiger partial charge in [-0.25, -0.2) is 0 Å². The van der Waals surface area contributed by atoms with Gasteiger partial charge in [0, 0.05) is 36.4 Å². The van der Waals surface area contributed by atoms with E-state index in [1.54, 1.807) is 17.2 Å². The molecule has 2 aliphatic carbocycles. The topological polar surface area (TPSA) is 105 Å². The number of nitrogens with one attached hydrogen (secondary N) is 1. The highest BCUT2D eigenvalue weighted by molar-refractivity contribution is 5.91. The minimum atomic E-state index is -3.33. The highest BCUT2D eigenvalue weighted by Crippen LogP contribution is 2.41. The number of Topliss-reactive ketones (excluding diaryl/α,β-unsaturated/α-hetero) is 1. The molecule has 3 aliphatic rings. The van der Waals surface area contributed by atoms with Crippen molar-refractivity contribution in [2.24, 2.45) is 11.8 Å². The molecule has 2 atom stereocenters. The Labute approximate surface area is 197 Å². The Morgan fingerprint density at radius 3 is 2.43 bits per heavy atom. The van der Waals surface area contributed by atoms with Crippen LogP contribution in [-0.2, 0) is 14.4 Å². The second kappa shape index (κ2) is 9.96. The normalized spacial score (nSPS) is 20.3. The molecule has 0 radical (unpaired) electrons. The molecule has 0 aromatic heterocycles. The van der Waals surface area contributed by atoms with E-state index in [0.717, 1.165) is 25.0 Å². The summed E-state index contributed by atoms with van der Waals surface area (Å²) in [7, 11) is 0. The molecule has 1 aliphatic heterocycles. The van der Waals surface area contributed by atoms with Gasteiger partial charge in [0.15, 0.2) is 11.5 Å². The minimum Gasteiger partial charge on any atom is -0.481 e. The minimum absolute atomic E-state index is 0.0629. The lowest BCUT2D eigenvalue weighted by Gasteiger charge is -2.28. The Bertz CT molecular complexity index is 1090. The number of ether oxygens (including phenoxy) is 2. The van der Waals surface area contributed by atoms with E-state index in [4.69, 9.17) is 0 Å². The van der Waals surface area contributed by atoms with Gasteiger partial charge in [-0.2, -0.15) is 17.6 Å². The molecule has 1 saturated carbocycles. The molecule has 1 aromatic rings. The van der Waals surface area contributed by atoms with Gasteiger partial charge in [-0.1, -0.05) is 12.1 Å². The number of carboxylic acid groups (broad SMARTS) is 1. The van der Waals surface area contributed by atoms with Crippen molar-refractivity contribution in [2.75, 3.05) is 6.54 Å². The molecular weight excluding hydrogens is 476 g/mol. The Balaban J connectivity index is 1.65. The van der Waals surface area contributed by atoms with Crippen LogP contribution in [0.1, 0.15) is 37.3 Å². The van der Waals surface area contributed by atoms with Crippen LogP contribution in [0.3, 0.4) is 0 Å². The van der Waals surface area contributed by atoms with Crippen LogP contribution in [0.2, 0.25) is 0 Å². The summed E-state index contributed by atoms with van der Waals surface area (Å²) < 4.78 is 59.7. The van der Waals surface area contributed by atoms with Gasteiger partial charge in [0.05, 0.1) is 18.4 Å². The SMILES string of the molecule is O=C(O)CC(c1ccc(OC(F)F)c(OC(F)F)c1)N1C=C2C(NC(=O)C3CC3)=CCC(=O)C2C1. The van der Waals surface area contributed by atoms with Gasteiger partial charge in [-0.3, -0.25) is 14.4 Å². The lowest BCUT2D eigenvalue weighted by atomic mass is 9.87. The number of carbonyl (C=O) groups excluding carboxylic acids is 2. The van der Waals surface area contributed by atoms with E-state index >= 15 is 0 Å². The number of allylic oxidation sites excluding steroid dienone is 2. The number of halogens is 4. The van der Waals surface area contributed by atoms with Crippen molar-refractivity contribution in [3.8, 4) is 11.5 Å². The van der Waals surface area contributed by atoms with Crippen molar-refractivity contribution < 1.29 is 46.5 Å². The number of carbonyl (C=O) groups is 3. The highest BCUT2D eigenvalue weighted by Gasteiger charge is 2.39. The fourth-order valence-corrected chi connectivity index (χ4v) is 4.25. The quantitative estimate of drug-likeness (QED) is 0.475. The first-order chi connectivity index (χ1) is 16.6. The van der Waals surface area contributed by atoms with Crippen LogP contribution in [-0.4, -0.2) is 47.4 Å². The summed E-state index contributed by atoms with van der Waals surface area (Å²) in [6.07, 6.45) is 4.40. The monoisotopic (exact) mass is 498 g/mol. The number of hydrogen-bond donors (Lipinski definition) is 2. The first kappa shape index (κ1) is 24.6. The maximum atomic E-state index is 12.9. The van der Waals surface area contributed by atoms with Gasteiger partial charge >= 0.3 is 19.2 Å². The van der Waals surface area contributed by atoms with Gasteiger partial charge in [0.25, 0.3) is 0 Å². The third-order valence-electron chi connectivity index (χ3n) is 6.04. The van der Waals surface area contributed by atoms with E-state index in [1.807, 2.05) is 0 Å². The number of rotatable bonds is 10. The van der Waals surface area contributed by atoms with Gasteiger partial charge in [0.1, 0.15) is 5.78 Å². The number of hydrogen-bond acceptors (Lipinski definition) is 6. The van der Waals surface area contributed by atoms with Crippen molar-refractivity contribution in [1.29, 1.82) is 0 Å². The summed E-state index contributed by atoms with van der Waals surface area (Å²) in [5.74, 6) is -3.44. The Kier molecular flexibility index (Phi) is 6.99. The molecule has 35 heavy (non-hydrogen) atoms. The van der Waals surface area contributed by atoms with Gasteiger partial charge in [0.2, 0.25) is 5.91 Å². The predicted molar refractivity (Wildman–Crippen MR) is 112 cm³/mol. The van der Waals surface area contributed by atoms with Gasteiger partial charge in [-0.05, 0) is 30.5 Å². The lowest BCUT2D eigenvalue weighted by molar-refractivity contribution is -0.138. The number of ketones is 1. The van der Waals surface area contributed by atoms with E-state index in [0.29, 0.717) is 11.3 Å². The molecule has 0 bridgehead atoms. The van der Waals surface area contributed by atoms with Crippen LogP contribution >= 0.6 is 0 Å². The number of alkyl halides is 4. The van der Waals surface area contributed by atoms with Crippen molar-refractivity contribution in [2.45, 2.75) is 44.9 Å². The molecule has 1 fully saturated rings. The summed E-state index contributed by atoms with van der Waals surface area (Å²) in [6.45, 7) is -6.52. The van der Waals surface area contributed by atoms with Crippen molar-refractivity contribution in [3.05, 3.63) is 47.3 Å². The molecule has 12 heteroatoms. The first-order valence-corrected chi connectivity index (χ1v) is 10.9. The summed E-state index contributed by atoms with van der Waals surface area (Å²) in [5.41, 5.74) is 1.21. The molecule has 2 unspecified atom stereocenters. The summed E-state index contributed by atoms with van der Waals surface area (Å²) in [4.78, 5) is 38.0. The number of aliphatic carboxylic acids is 1. The number of amides is 1. The molecule has 1 aromatic carbocycles. The number of carboxylic acids is 1. The van der Waals surface area contributed by atoms with Crippen LogP contribution < -0.4 is 14.8 Å². The summed E-state index contributed by atoms with van der Waals surface area (Å²) in [5, 5.41) is 12.3. The molecule has 0 saturated heterocycles. The average molecular weight is 498 g/mol. The first-order valence-electron chi connectivity index (χ1n) is 10.9. The summed E-state index contributed by atoms with van der Waals surface area (Å²) in [6, 6.07) is 2.35. The molecule has 0 spiro atoms.